The summed E-state index contributed by atoms with van der Waals surface area (Å²) in [5, 5.41) is 17.8. The van der Waals surface area contributed by atoms with E-state index >= 15 is 0 Å². The number of fused-ring (bicyclic) bond motifs is 1. The van der Waals surface area contributed by atoms with Crippen LogP contribution in [0.5, 0.6) is 5.75 Å². The lowest BCUT2D eigenvalue weighted by Crippen LogP contribution is -2.39. The number of aliphatic hydroxyl groups is 2. The second-order valence-electron chi connectivity index (χ2n) is 3.87. The zero-order valence-electron chi connectivity index (χ0n) is 9.43. The molecular formula is C12H15NO4. The van der Waals surface area contributed by atoms with Crippen LogP contribution in [0.4, 0.5) is 5.69 Å². The van der Waals surface area contributed by atoms with Crippen molar-refractivity contribution in [3.63, 3.8) is 0 Å². The average molecular weight is 237 g/mol. The molecule has 2 N–H and O–H groups in total. The van der Waals surface area contributed by atoms with E-state index in [9.17, 15) is 4.79 Å². The number of carbonyl (C=O) groups excluding carboxylic acids is 1. The summed E-state index contributed by atoms with van der Waals surface area (Å²) in [5.41, 5.74) is 1.45. The molecule has 0 aliphatic carbocycles. The maximum absolute atomic E-state index is 11.7. The van der Waals surface area contributed by atoms with Crippen molar-refractivity contribution >= 4 is 11.6 Å². The normalized spacial score (nSPS) is 14.5. The van der Waals surface area contributed by atoms with E-state index in [-0.39, 0.29) is 25.7 Å². The summed E-state index contributed by atoms with van der Waals surface area (Å²) in [7, 11) is 0. The second-order valence-corrected chi connectivity index (χ2v) is 3.87. The predicted molar refractivity (Wildman–Crippen MR) is 61.9 cm³/mol. The fraction of sp³-hybridized carbons (Fsp3) is 0.417. The van der Waals surface area contributed by atoms with Gasteiger partial charge in [-0.05, 0) is 24.1 Å². The number of hydrogen-bond donors (Lipinski definition) is 2. The number of nitrogens with zero attached hydrogens (tertiary/aromatic N) is 1. The van der Waals surface area contributed by atoms with Gasteiger partial charge >= 0.3 is 0 Å². The van der Waals surface area contributed by atoms with Gasteiger partial charge in [0.15, 0.2) is 6.61 Å². The Bertz CT molecular complexity index is 419. The van der Waals surface area contributed by atoms with E-state index in [1.807, 2.05) is 0 Å². The lowest BCUT2D eigenvalue weighted by Gasteiger charge is -2.29. The highest BCUT2D eigenvalue weighted by Crippen LogP contribution is 2.32. The summed E-state index contributed by atoms with van der Waals surface area (Å²) < 4.78 is 5.32. The van der Waals surface area contributed by atoms with Gasteiger partial charge < -0.3 is 19.8 Å². The van der Waals surface area contributed by atoms with Gasteiger partial charge in [0.2, 0.25) is 0 Å². The Hall–Kier alpha value is -1.59. The number of ether oxygens (including phenoxy) is 1. The largest absolute Gasteiger partial charge is 0.482 e. The highest BCUT2D eigenvalue weighted by Gasteiger charge is 2.24. The van der Waals surface area contributed by atoms with Gasteiger partial charge in [0, 0.05) is 13.2 Å². The lowest BCUT2D eigenvalue weighted by atomic mass is 10.1. The molecule has 1 aromatic rings. The fourth-order valence-corrected chi connectivity index (χ4v) is 1.82. The summed E-state index contributed by atoms with van der Waals surface area (Å²) in [4.78, 5) is 13.3. The molecule has 0 fully saturated rings. The molecule has 5 heteroatoms. The molecule has 0 unspecified atom stereocenters. The van der Waals surface area contributed by atoms with Gasteiger partial charge in [-0.2, -0.15) is 0 Å². The Kier molecular flexibility index (Phi) is 3.61. The van der Waals surface area contributed by atoms with Gasteiger partial charge in [0.05, 0.1) is 12.3 Å². The number of rotatable bonds is 4. The van der Waals surface area contributed by atoms with Crippen LogP contribution in [0, 0.1) is 0 Å². The first-order valence-electron chi connectivity index (χ1n) is 5.54. The van der Waals surface area contributed by atoms with Crippen molar-refractivity contribution < 1.29 is 19.7 Å². The smallest absolute Gasteiger partial charge is 0.265 e. The van der Waals surface area contributed by atoms with Gasteiger partial charge in [-0.25, -0.2) is 0 Å². The van der Waals surface area contributed by atoms with E-state index in [1.54, 1.807) is 23.1 Å². The Morgan fingerprint density at radius 3 is 2.88 bits per heavy atom. The second kappa shape index (κ2) is 5.16. The van der Waals surface area contributed by atoms with Crippen molar-refractivity contribution in [3.05, 3.63) is 23.8 Å². The van der Waals surface area contributed by atoms with Crippen LogP contribution >= 0.6 is 0 Å². The van der Waals surface area contributed by atoms with Crippen LogP contribution in [-0.4, -0.2) is 35.9 Å². The van der Waals surface area contributed by atoms with Gasteiger partial charge in [-0.3, -0.25) is 4.79 Å². The first-order valence-corrected chi connectivity index (χ1v) is 5.54. The number of benzene rings is 1. The zero-order valence-corrected chi connectivity index (χ0v) is 9.43. The first kappa shape index (κ1) is 11.9. The van der Waals surface area contributed by atoms with Gasteiger partial charge in [-0.15, -0.1) is 0 Å². The molecular weight excluding hydrogens is 222 g/mol. The SMILES string of the molecule is O=C1COc2cc(CO)ccc2N1CCCO. The minimum atomic E-state index is -0.109. The van der Waals surface area contributed by atoms with Gasteiger partial charge in [0.25, 0.3) is 5.91 Å². The molecule has 5 nitrogen and oxygen atoms in total. The standard InChI is InChI=1S/C12H15NO4/c14-5-1-4-13-10-3-2-9(7-15)6-11(10)17-8-12(13)16/h2-3,6,14-15H,1,4-5,7-8H2. The third kappa shape index (κ3) is 2.40. The van der Waals surface area contributed by atoms with Crippen molar-refractivity contribution in [1.29, 1.82) is 0 Å². The molecule has 0 radical (unpaired) electrons. The fourth-order valence-electron chi connectivity index (χ4n) is 1.82. The minimum absolute atomic E-state index is 0.00725. The van der Waals surface area contributed by atoms with Gasteiger partial charge in [-0.1, -0.05) is 6.07 Å². The van der Waals surface area contributed by atoms with E-state index < -0.39 is 0 Å². The van der Waals surface area contributed by atoms with Crippen molar-refractivity contribution in [2.75, 3.05) is 24.7 Å². The molecule has 0 spiro atoms. The van der Waals surface area contributed by atoms with Crippen LogP contribution in [0.3, 0.4) is 0 Å². The molecule has 17 heavy (non-hydrogen) atoms. The number of hydrogen-bond acceptors (Lipinski definition) is 4. The third-order valence-corrected chi connectivity index (χ3v) is 2.69. The molecule has 2 rings (SSSR count). The first-order chi connectivity index (χ1) is 8.26. The van der Waals surface area contributed by atoms with Crippen LogP contribution in [0.15, 0.2) is 18.2 Å². The lowest BCUT2D eigenvalue weighted by molar-refractivity contribution is -0.121. The zero-order chi connectivity index (χ0) is 12.3. The quantitative estimate of drug-likeness (QED) is 0.789. The average Bonchev–Trinajstić information content (AvgIpc) is 2.37. The summed E-state index contributed by atoms with van der Waals surface area (Å²) in [5.74, 6) is 0.497. The van der Waals surface area contributed by atoms with Crippen molar-refractivity contribution in [3.8, 4) is 5.75 Å². The predicted octanol–water partition coefficient (Wildman–Crippen LogP) is 0.287. The van der Waals surface area contributed by atoms with E-state index in [0.717, 1.165) is 5.56 Å². The molecule has 1 aliphatic heterocycles. The Morgan fingerprint density at radius 1 is 1.35 bits per heavy atom. The maximum Gasteiger partial charge on any atom is 0.265 e. The number of amides is 1. The maximum atomic E-state index is 11.7. The molecule has 1 amide bonds. The molecule has 0 bridgehead atoms. The van der Waals surface area contributed by atoms with Crippen LogP contribution in [-0.2, 0) is 11.4 Å². The molecule has 0 saturated carbocycles. The molecule has 0 saturated heterocycles. The molecule has 1 heterocycles. The van der Waals surface area contributed by atoms with E-state index in [2.05, 4.69) is 0 Å². The molecule has 0 atom stereocenters. The summed E-state index contributed by atoms with van der Waals surface area (Å²) in [6.07, 6.45) is 0.535. The molecule has 0 aromatic heterocycles. The van der Waals surface area contributed by atoms with Crippen LogP contribution < -0.4 is 9.64 Å². The number of anilines is 1. The summed E-state index contributed by atoms with van der Waals surface area (Å²) >= 11 is 0. The van der Waals surface area contributed by atoms with Crippen molar-refractivity contribution in [1.82, 2.24) is 0 Å². The highest BCUT2D eigenvalue weighted by molar-refractivity contribution is 5.97. The monoisotopic (exact) mass is 237 g/mol. The van der Waals surface area contributed by atoms with E-state index in [0.29, 0.717) is 24.4 Å². The minimum Gasteiger partial charge on any atom is -0.482 e. The molecule has 1 aromatic carbocycles. The summed E-state index contributed by atoms with van der Waals surface area (Å²) in [6, 6.07) is 5.25. The molecule has 92 valence electrons. The van der Waals surface area contributed by atoms with E-state index in [4.69, 9.17) is 14.9 Å². The number of carbonyl (C=O) groups is 1. The van der Waals surface area contributed by atoms with Crippen LogP contribution in [0.25, 0.3) is 0 Å². The Balaban J connectivity index is 2.28. The van der Waals surface area contributed by atoms with Crippen molar-refractivity contribution in [2.24, 2.45) is 0 Å². The molecule has 1 aliphatic rings. The highest BCUT2D eigenvalue weighted by atomic mass is 16.5. The Labute approximate surface area is 99.2 Å². The number of aliphatic hydroxyl groups excluding tert-OH is 2. The van der Waals surface area contributed by atoms with E-state index in [1.165, 1.54) is 0 Å². The van der Waals surface area contributed by atoms with Crippen LogP contribution in [0.2, 0.25) is 0 Å². The Morgan fingerprint density at radius 2 is 2.18 bits per heavy atom. The topological polar surface area (TPSA) is 70.0 Å². The van der Waals surface area contributed by atoms with Crippen LogP contribution in [0.1, 0.15) is 12.0 Å². The van der Waals surface area contributed by atoms with Crippen molar-refractivity contribution in [2.45, 2.75) is 13.0 Å². The van der Waals surface area contributed by atoms with Gasteiger partial charge in [0.1, 0.15) is 5.75 Å². The third-order valence-electron chi connectivity index (χ3n) is 2.69. The summed E-state index contributed by atoms with van der Waals surface area (Å²) in [6.45, 7) is 0.480.